The maximum atomic E-state index is 14.1. The zero-order valence-corrected chi connectivity index (χ0v) is 26.6. The summed E-state index contributed by atoms with van der Waals surface area (Å²) in [6, 6.07) is 27.5. The monoisotopic (exact) mass is 634 g/mol. The van der Waals surface area contributed by atoms with E-state index >= 15 is 0 Å². The standard InChI is InChI=1S/C43H38O5/c44-42(26-13-5-9-20-7-1-3-11-24(20)26)47-38-30-19-31(39(38)48-43(45)27-14-6-10-21-8-2-4-12-25(21)27)37-36(30)40-34-28-18-29(35(34)41(37)46-40)33-23-16-15-22(17-23)32(28)33/h1-16,22-23,28-41H,17-19H2. The van der Waals surface area contributed by atoms with E-state index in [0.717, 1.165) is 63.5 Å². The predicted molar refractivity (Wildman–Crippen MR) is 180 cm³/mol. The van der Waals surface area contributed by atoms with E-state index in [-0.39, 0.29) is 36.0 Å². The molecule has 7 fully saturated rings. The molecule has 2 aliphatic heterocycles. The molecule has 2 saturated heterocycles. The third-order valence-corrected chi connectivity index (χ3v) is 15.0. The van der Waals surface area contributed by atoms with Crippen LogP contribution in [0.25, 0.3) is 21.5 Å². The van der Waals surface area contributed by atoms with E-state index in [1.807, 2.05) is 84.9 Å². The Morgan fingerprint density at radius 3 is 1.46 bits per heavy atom. The van der Waals surface area contributed by atoms with E-state index in [0.29, 0.717) is 34.8 Å². The Morgan fingerprint density at radius 1 is 0.500 bits per heavy atom. The van der Waals surface area contributed by atoms with Crippen LogP contribution in [-0.4, -0.2) is 36.4 Å². The number of rotatable bonds is 4. The summed E-state index contributed by atoms with van der Waals surface area (Å²) in [6.45, 7) is 0. The fourth-order valence-corrected chi connectivity index (χ4v) is 13.9. The van der Waals surface area contributed by atoms with Crippen molar-refractivity contribution in [2.75, 3.05) is 0 Å². The van der Waals surface area contributed by atoms with E-state index < -0.39 is 12.2 Å². The molecular weight excluding hydrogens is 596 g/mol. The number of carbonyl (C=O) groups excluding carboxylic acids is 2. The average molecular weight is 635 g/mol. The van der Waals surface area contributed by atoms with Crippen LogP contribution in [0.5, 0.6) is 0 Å². The highest BCUT2D eigenvalue weighted by Gasteiger charge is 2.79. The molecule has 0 amide bonds. The lowest BCUT2D eigenvalue weighted by Gasteiger charge is -2.49. The predicted octanol–water partition coefficient (Wildman–Crippen LogP) is 7.73. The largest absolute Gasteiger partial charge is 0.454 e. The lowest BCUT2D eigenvalue weighted by atomic mass is 9.55. The average Bonchev–Trinajstić information content (AvgIpc) is 3.98. The molecule has 16 unspecified atom stereocenters. The van der Waals surface area contributed by atoms with Crippen LogP contribution in [0.2, 0.25) is 0 Å². The van der Waals surface area contributed by atoms with Gasteiger partial charge in [-0.1, -0.05) is 84.9 Å². The molecule has 5 heteroatoms. The normalized spacial score (nSPS) is 44.4. The number of ether oxygens (including phenoxy) is 3. The Hall–Kier alpha value is -3.96. The Kier molecular flexibility index (Phi) is 5.26. The summed E-state index contributed by atoms with van der Waals surface area (Å²) < 4.78 is 20.3. The third kappa shape index (κ3) is 3.27. The second kappa shape index (κ2) is 9.38. The van der Waals surface area contributed by atoms with Crippen LogP contribution in [0.15, 0.2) is 97.1 Å². The van der Waals surface area contributed by atoms with Crippen LogP contribution in [0.4, 0.5) is 0 Å². The summed E-state index contributed by atoms with van der Waals surface area (Å²) in [5.41, 5.74) is 1.14. The van der Waals surface area contributed by atoms with E-state index in [1.54, 1.807) is 0 Å². The first-order chi connectivity index (χ1) is 23.6. The summed E-state index contributed by atoms with van der Waals surface area (Å²) in [4.78, 5) is 28.2. The fraction of sp³-hybridized carbons (Fsp3) is 0.442. The molecule has 8 aliphatic rings. The molecule has 4 aromatic carbocycles. The summed E-state index contributed by atoms with van der Waals surface area (Å²) in [7, 11) is 0. The Labute approximate surface area is 279 Å². The molecule has 2 heterocycles. The first-order valence-electron chi connectivity index (χ1n) is 18.4. The van der Waals surface area contributed by atoms with Gasteiger partial charge in [0.15, 0.2) is 0 Å². The van der Waals surface area contributed by atoms with E-state index in [1.165, 1.54) is 12.8 Å². The number of fused-ring (bicyclic) bond motifs is 25. The van der Waals surface area contributed by atoms with E-state index in [2.05, 4.69) is 12.2 Å². The van der Waals surface area contributed by atoms with Crippen molar-refractivity contribution < 1.29 is 23.8 Å². The summed E-state index contributed by atoms with van der Waals surface area (Å²) >= 11 is 0. The Morgan fingerprint density at radius 2 is 0.938 bits per heavy atom. The minimum absolute atomic E-state index is 0.134. The van der Waals surface area contributed by atoms with Gasteiger partial charge in [0.25, 0.3) is 0 Å². The molecule has 8 bridgehead atoms. The summed E-state index contributed by atoms with van der Waals surface area (Å²) in [5, 5.41) is 3.80. The molecule has 0 N–H and O–H groups in total. The SMILES string of the molecule is O=C(OC1C2CC(C1OC(=O)c1cccc3ccccc13)C1C3OC(C21)C1C2CC(C4C5C=CC(C5)C24)C31)c1cccc2ccccc12. The molecule has 240 valence electrons. The lowest BCUT2D eigenvalue weighted by Crippen LogP contribution is -2.55. The van der Waals surface area contributed by atoms with Crippen LogP contribution in [0.3, 0.4) is 0 Å². The van der Waals surface area contributed by atoms with Gasteiger partial charge in [-0.3, -0.25) is 0 Å². The maximum absolute atomic E-state index is 14.1. The molecule has 0 radical (unpaired) electrons. The Balaban J connectivity index is 0.909. The van der Waals surface area contributed by atoms with Gasteiger partial charge in [-0.2, -0.15) is 0 Å². The van der Waals surface area contributed by atoms with Gasteiger partial charge in [-0.15, -0.1) is 0 Å². The van der Waals surface area contributed by atoms with Crippen LogP contribution in [0, 0.1) is 71.0 Å². The lowest BCUT2D eigenvalue weighted by molar-refractivity contribution is -0.0951. The van der Waals surface area contributed by atoms with Gasteiger partial charge in [-0.25, -0.2) is 9.59 Å². The number of hydrogen-bond donors (Lipinski definition) is 0. The maximum Gasteiger partial charge on any atom is 0.339 e. The number of esters is 2. The first-order valence-corrected chi connectivity index (χ1v) is 18.4. The van der Waals surface area contributed by atoms with Crippen molar-refractivity contribution in [1.82, 2.24) is 0 Å². The van der Waals surface area contributed by atoms with Gasteiger partial charge in [0.2, 0.25) is 0 Å². The highest BCUT2D eigenvalue weighted by Crippen LogP contribution is 2.77. The number of benzene rings is 4. The zero-order valence-electron chi connectivity index (χ0n) is 26.6. The van der Waals surface area contributed by atoms with Crippen molar-refractivity contribution in [3.05, 3.63) is 108 Å². The van der Waals surface area contributed by atoms with Gasteiger partial charge in [0, 0.05) is 11.8 Å². The smallest absolute Gasteiger partial charge is 0.339 e. The number of carbonyl (C=O) groups is 2. The summed E-state index contributed by atoms with van der Waals surface area (Å²) in [6.07, 6.45) is 8.26. The second-order valence-electron chi connectivity index (χ2n) is 16.4. The minimum Gasteiger partial charge on any atom is -0.454 e. The first kappa shape index (κ1) is 26.9. The number of hydrogen-bond acceptors (Lipinski definition) is 5. The van der Waals surface area contributed by atoms with E-state index in [9.17, 15) is 9.59 Å². The molecule has 5 saturated carbocycles. The highest BCUT2D eigenvalue weighted by atomic mass is 16.6. The molecule has 5 nitrogen and oxygen atoms in total. The molecule has 0 aromatic heterocycles. The zero-order chi connectivity index (χ0) is 31.4. The van der Waals surface area contributed by atoms with Crippen molar-refractivity contribution in [2.45, 2.75) is 43.7 Å². The van der Waals surface area contributed by atoms with E-state index in [4.69, 9.17) is 14.2 Å². The third-order valence-electron chi connectivity index (χ3n) is 15.0. The van der Waals surface area contributed by atoms with Gasteiger partial charge < -0.3 is 14.2 Å². The van der Waals surface area contributed by atoms with Crippen LogP contribution in [0.1, 0.15) is 40.0 Å². The van der Waals surface area contributed by atoms with Gasteiger partial charge in [-0.05, 0) is 112 Å². The minimum atomic E-state index is -0.486. The van der Waals surface area contributed by atoms with Crippen molar-refractivity contribution in [3.63, 3.8) is 0 Å². The molecule has 12 rings (SSSR count). The molecule has 6 aliphatic carbocycles. The van der Waals surface area contributed by atoms with Crippen molar-refractivity contribution in [3.8, 4) is 0 Å². The second-order valence-corrected chi connectivity index (χ2v) is 16.4. The quantitative estimate of drug-likeness (QED) is 0.131. The topological polar surface area (TPSA) is 61.8 Å². The molecular formula is C43H38O5. The fourth-order valence-electron chi connectivity index (χ4n) is 13.9. The van der Waals surface area contributed by atoms with Crippen molar-refractivity contribution >= 4 is 33.5 Å². The Bertz CT molecular complexity index is 1930. The van der Waals surface area contributed by atoms with Crippen LogP contribution >= 0.6 is 0 Å². The van der Waals surface area contributed by atoms with Gasteiger partial charge in [0.05, 0.1) is 23.3 Å². The molecule has 16 atom stereocenters. The van der Waals surface area contributed by atoms with Crippen LogP contribution in [-0.2, 0) is 14.2 Å². The van der Waals surface area contributed by atoms with Gasteiger partial charge >= 0.3 is 11.9 Å². The highest BCUT2D eigenvalue weighted by molar-refractivity contribution is 6.05. The van der Waals surface area contributed by atoms with Crippen LogP contribution < -0.4 is 0 Å². The summed E-state index contributed by atoms with van der Waals surface area (Å²) in [5.74, 6) is 6.42. The molecule has 0 spiro atoms. The molecule has 48 heavy (non-hydrogen) atoms. The number of allylic oxidation sites excluding steroid dienone is 2. The van der Waals surface area contributed by atoms with Crippen molar-refractivity contribution in [2.24, 2.45) is 71.0 Å². The van der Waals surface area contributed by atoms with Gasteiger partial charge in [0.1, 0.15) is 12.2 Å². The molecule has 4 aromatic rings. The van der Waals surface area contributed by atoms with Crippen molar-refractivity contribution in [1.29, 1.82) is 0 Å².